The molecule has 1 aliphatic heterocycles. The zero-order valence-electron chi connectivity index (χ0n) is 11.0. The fourth-order valence-corrected chi connectivity index (χ4v) is 2.29. The lowest BCUT2D eigenvalue weighted by molar-refractivity contribution is -0.0502. The van der Waals surface area contributed by atoms with E-state index in [0.717, 1.165) is 17.9 Å². The van der Waals surface area contributed by atoms with Gasteiger partial charge in [0, 0.05) is 31.7 Å². The van der Waals surface area contributed by atoms with Gasteiger partial charge in [-0.25, -0.2) is 0 Å². The molecular weight excluding hydrogens is 230 g/mol. The van der Waals surface area contributed by atoms with Gasteiger partial charge in [0.15, 0.2) is 0 Å². The Hall–Kier alpha value is -1.10. The van der Waals surface area contributed by atoms with Gasteiger partial charge in [-0.05, 0) is 6.07 Å². The third kappa shape index (κ3) is 2.51. The second-order valence-electron chi connectivity index (χ2n) is 4.80. The molecule has 0 amide bonds. The van der Waals surface area contributed by atoms with Crippen LogP contribution in [-0.4, -0.2) is 38.5 Å². The lowest BCUT2D eigenvalue weighted by atomic mass is 9.80. The van der Waals surface area contributed by atoms with Crippen molar-refractivity contribution in [2.45, 2.75) is 12.5 Å². The standard InChI is InChI=1S/C14H21NO3/c1-11-9-18-13-6-4-3-5-12(13)14(11,16)10-15-7-8-17-2/h3-6,11,15-16H,7-10H2,1-2H3. The van der Waals surface area contributed by atoms with Crippen molar-refractivity contribution in [3.63, 3.8) is 0 Å². The molecule has 1 aliphatic rings. The normalized spacial score (nSPS) is 26.5. The van der Waals surface area contributed by atoms with Crippen LogP contribution < -0.4 is 10.1 Å². The molecule has 0 radical (unpaired) electrons. The summed E-state index contributed by atoms with van der Waals surface area (Å²) in [5.74, 6) is 0.842. The summed E-state index contributed by atoms with van der Waals surface area (Å²) in [6, 6.07) is 7.69. The third-order valence-electron chi connectivity index (χ3n) is 3.54. The lowest BCUT2D eigenvalue weighted by Gasteiger charge is -2.39. The topological polar surface area (TPSA) is 50.7 Å². The van der Waals surface area contributed by atoms with Gasteiger partial charge >= 0.3 is 0 Å². The first-order chi connectivity index (χ1) is 8.68. The maximum atomic E-state index is 10.9. The van der Waals surface area contributed by atoms with E-state index in [1.807, 2.05) is 31.2 Å². The largest absolute Gasteiger partial charge is 0.493 e. The third-order valence-corrected chi connectivity index (χ3v) is 3.54. The molecule has 0 bridgehead atoms. The maximum Gasteiger partial charge on any atom is 0.125 e. The molecule has 2 rings (SSSR count). The van der Waals surface area contributed by atoms with Crippen molar-refractivity contribution in [2.24, 2.45) is 5.92 Å². The molecule has 2 unspecified atom stereocenters. The molecule has 4 heteroatoms. The van der Waals surface area contributed by atoms with Crippen molar-refractivity contribution in [1.29, 1.82) is 0 Å². The summed E-state index contributed by atoms with van der Waals surface area (Å²) >= 11 is 0. The minimum atomic E-state index is -0.872. The fourth-order valence-electron chi connectivity index (χ4n) is 2.29. The molecule has 0 aliphatic carbocycles. The van der Waals surface area contributed by atoms with Crippen LogP contribution in [0.2, 0.25) is 0 Å². The number of methoxy groups -OCH3 is 1. The van der Waals surface area contributed by atoms with Gasteiger partial charge in [-0.2, -0.15) is 0 Å². The van der Waals surface area contributed by atoms with Crippen LogP contribution in [0.15, 0.2) is 24.3 Å². The van der Waals surface area contributed by atoms with Gasteiger partial charge in [0.05, 0.1) is 13.2 Å². The van der Waals surface area contributed by atoms with Gasteiger partial charge in [-0.15, -0.1) is 0 Å². The van der Waals surface area contributed by atoms with Gasteiger partial charge in [0.25, 0.3) is 0 Å². The summed E-state index contributed by atoms with van der Waals surface area (Å²) < 4.78 is 10.6. The molecular formula is C14H21NO3. The smallest absolute Gasteiger partial charge is 0.125 e. The van der Waals surface area contributed by atoms with Crippen LogP contribution in [0.4, 0.5) is 0 Å². The molecule has 1 aromatic rings. The molecule has 1 heterocycles. The first kappa shape index (κ1) is 13.3. The van der Waals surface area contributed by atoms with E-state index in [1.54, 1.807) is 7.11 Å². The SMILES string of the molecule is COCCNCC1(O)c2ccccc2OCC1C. The van der Waals surface area contributed by atoms with E-state index in [2.05, 4.69) is 5.32 Å². The molecule has 0 spiro atoms. The Morgan fingerprint density at radius 3 is 3.06 bits per heavy atom. The molecule has 4 nitrogen and oxygen atoms in total. The van der Waals surface area contributed by atoms with Crippen LogP contribution in [0.25, 0.3) is 0 Å². The fraction of sp³-hybridized carbons (Fsp3) is 0.571. The van der Waals surface area contributed by atoms with Crippen molar-refractivity contribution in [3.8, 4) is 5.75 Å². The number of nitrogens with one attached hydrogen (secondary N) is 1. The number of benzene rings is 1. The van der Waals surface area contributed by atoms with Crippen LogP contribution in [0, 0.1) is 5.92 Å². The van der Waals surface area contributed by atoms with Crippen molar-refractivity contribution in [2.75, 3.05) is 33.4 Å². The van der Waals surface area contributed by atoms with E-state index in [9.17, 15) is 5.11 Å². The highest BCUT2D eigenvalue weighted by Gasteiger charge is 2.41. The zero-order valence-corrected chi connectivity index (χ0v) is 11.0. The number of hydrogen-bond donors (Lipinski definition) is 2. The van der Waals surface area contributed by atoms with Crippen molar-refractivity contribution >= 4 is 0 Å². The van der Waals surface area contributed by atoms with E-state index in [1.165, 1.54) is 0 Å². The average molecular weight is 251 g/mol. The summed E-state index contributed by atoms with van der Waals surface area (Å²) in [5.41, 5.74) is -0.00330. The van der Waals surface area contributed by atoms with Gasteiger partial charge in [0.1, 0.15) is 11.4 Å². The molecule has 1 aromatic carbocycles. The predicted molar refractivity (Wildman–Crippen MR) is 69.7 cm³/mol. The summed E-state index contributed by atoms with van der Waals surface area (Å²) in [4.78, 5) is 0. The molecule has 0 aromatic heterocycles. The molecule has 0 saturated carbocycles. The predicted octanol–water partition coefficient (Wildman–Crippen LogP) is 1.14. The number of rotatable bonds is 5. The van der Waals surface area contributed by atoms with Crippen LogP contribution in [0.1, 0.15) is 12.5 Å². The Balaban J connectivity index is 2.13. The van der Waals surface area contributed by atoms with E-state index in [4.69, 9.17) is 9.47 Å². The van der Waals surface area contributed by atoms with E-state index >= 15 is 0 Å². The Labute approximate surface area is 108 Å². The van der Waals surface area contributed by atoms with Crippen LogP contribution in [0.3, 0.4) is 0 Å². The maximum absolute atomic E-state index is 10.9. The average Bonchev–Trinajstić information content (AvgIpc) is 2.40. The molecule has 2 atom stereocenters. The van der Waals surface area contributed by atoms with E-state index < -0.39 is 5.60 Å². The van der Waals surface area contributed by atoms with Gasteiger partial charge in [0.2, 0.25) is 0 Å². The van der Waals surface area contributed by atoms with Crippen molar-refractivity contribution < 1.29 is 14.6 Å². The monoisotopic (exact) mass is 251 g/mol. The number of fused-ring (bicyclic) bond motifs is 1. The highest BCUT2D eigenvalue weighted by Crippen LogP contribution is 2.39. The van der Waals surface area contributed by atoms with Gasteiger partial charge in [-0.1, -0.05) is 25.1 Å². The Bertz CT molecular complexity index is 396. The number of ether oxygens (including phenoxy) is 2. The quantitative estimate of drug-likeness (QED) is 0.771. The molecule has 0 fully saturated rings. The number of para-hydroxylation sites is 1. The Morgan fingerprint density at radius 2 is 2.28 bits per heavy atom. The number of aliphatic hydroxyl groups is 1. The second kappa shape index (κ2) is 5.69. The van der Waals surface area contributed by atoms with Crippen molar-refractivity contribution in [3.05, 3.63) is 29.8 Å². The summed E-state index contributed by atoms with van der Waals surface area (Å²) in [6.07, 6.45) is 0. The summed E-state index contributed by atoms with van der Waals surface area (Å²) in [5, 5.41) is 14.1. The van der Waals surface area contributed by atoms with Gasteiger partial charge in [-0.3, -0.25) is 0 Å². The highest BCUT2D eigenvalue weighted by atomic mass is 16.5. The first-order valence-electron chi connectivity index (χ1n) is 6.33. The van der Waals surface area contributed by atoms with Crippen LogP contribution in [-0.2, 0) is 10.3 Å². The minimum Gasteiger partial charge on any atom is -0.493 e. The Kier molecular flexibility index (Phi) is 4.22. The number of hydrogen-bond acceptors (Lipinski definition) is 4. The van der Waals surface area contributed by atoms with Crippen molar-refractivity contribution in [1.82, 2.24) is 5.32 Å². The second-order valence-corrected chi connectivity index (χ2v) is 4.80. The highest BCUT2D eigenvalue weighted by molar-refractivity contribution is 5.40. The molecule has 2 N–H and O–H groups in total. The summed E-state index contributed by atoms with van der Waals surface area (Å²) in [6.45, 7) is 4.43. The van der Waals surface area contributed by atoms with Gasteiger partial charge < -0.3 is 19.9 Å². The first-order valence-corrected chi connectivity index (χ1v) is 6.33. The summed E-state index contributed by atoms with van der Waals surface area (Å²) in [7, 11) is 1.67. The van der Waals surface area contributed by atoms with E-state index in [0.29, 0.717) is 19.8 Å². The molecule has 100 valence electrons. The van der Waals surface area contributed by atoms with Crippen LogP contribution >= 0.6 is 0 Å². The zero-order chi connectivity index (χ0) is 13.0. The van der Waals surface area contributed by atoms with E-state index in [-0.39, 0.29) is 5.92 Å². The minimum absolute atomic E-state index is 0.0578. The Morgan fingerprint density at radius 1 is 1.50 bits per heavy atom. The lowest BCUT2D eigenvalue weighted by Crippen LogP contribution is -2.48. The van der Waals surface area contributed by atoms with Crippen LogP contribution in [0.5, 0.6) is 5.75 Å². The molecule has 0 saturated heterocycles. The molecule has 18 heavy (non-hydrogen) atoms.